The number of hydrogen-bond acceptors (Lipinski definition) is 4. The van der Waals surface area contributed by atoms with E-state index in [0.29, 0.717) is 10.6 Å². The lowest BCUT2D eigenvalue weighted by Gasteiger charge is -2.00. The molecule has 0 radical (unpaired) electrons. The molecular formula is C12H15N3O2S. The van der Waals surface area contributed by atoms with Crippen molar-refractivity contribution in [1.29, 1.82) is 0 Å². The van der Waals surface area contributed by atoms with Crippen molar-refractivity contribution in [2.24, 2.45) is 0 Å². The normalized spacial score (nSPS) is 11.1. The predicted octanol–water partition coefficient (Wildman–Crippen LogP) is 2.85. The van der Waals surface area contributed by atoms with Crippen LogP contribution in [0.25, 0.3) is 10.6 Å². The third-order valence-corrected chi connectivity index (χ3v) is 3.71. The molecule has 0 bridgehead atoms. The number of aromatic nitrogens is 3. The van der Waals surface area contributed by atoms with Gasteiger partial charge in [0, 0.05) is 18.3 Å². The fraction of sp³-hybridized carbons (Fsp3) is 0.417. The van der Waals surface area contributed by atoms with Gasteiger partial charge in [0.15, 0.2) is 0 Å². The fourth-order valence-electron chi connectivity index (χ4n) is 1.65. The first-order valence-electron chi connectivity index (χ1n) is 5.79. The van der Waals surface area contributed by atoms with Crippen LogP contribution < -0.4 is 0 Å². The lowest BCUT2D eigenvalue weighted by Crippen LogP contribution is -2.00. The molecule has 2 rings (SSSR count). The van der Waals surface area contributed by atoms with Gasteiger partial charge in [-0.2, -0.15) is 5.10 Å². The highest BCUT2D eigenvalue weighted by Gasteiger charge is 2.20. The average Bonchev–Trinajstić information content (AvgIpc) is 2.95. The molecule has 0 aliphatic carbocycles. The van der Waals surface area contributed by atoms with Crippen molar-refractivity contribution in [1.82, 2.24) is 14.8 Å². The maximum atomic E-state index is 11.2. The first kappa shape index (κ1) is 12.8. The minimum Gasteiger partial charge on any atom is -0.477 e. The molecule has 6 heteroatoms. The summed E-state index contributed by atoms with van der Waals surface area (Å²) < 4.78 is 1.80. The van der Waals surface area contributed by atoms with E-state index in [4.69, 9.17) is 0 Å². The van der Waals surface area contributed by atoms with E-state index in [1.807, 2.05) is 27.0 Å². The Hall–Kier alpha value is -1.69. The molecule has 0 aromatic carbocycles. The van der Waals surface area contributed by atoms with Crippen LogP contribution in [0.2, 0.25) is 0 Å². The van der Waals surface area contributed by atoms with Gasteiger partial charge in [0.25, 0.3) is 0 Å². The topological polar surface area (TPSA) is 68.0 Å². The van der Waals surface area contributed by atoms with E-state index in [9.17, 15) is 9.90 Å². The van der Waals surface area contributed by atoms with E-state index in [1.165, 1.54) is 11.3 Å². The maximum absolute atomic E-state index is 11.2. The summed E-state index contributed by atoms with van der Waals surface area (Å²) in [6.07, 6.45) is 3.60. The maximum Gasteiger partial charge on any atom is 0.347 e. The predicted molar refractivity (Wildman–Crippen MR) is 70.1 cm³/mol. The Kier molecular flexibility index (Phi) is 3.47. The highest BCUT2D eigenvalue weighted by atomic mass is 32.1. The van der Waals surface area contributed by atoms with Gasteiger partial charge in [-0.05, 0) is 12.8 Å². The third kappa shape index (κ3) is 2.28. The molecule has 0 unspecified atom stereocenters. The minimum atomic E-state index is -0.912. The Labute approximate surface area is 109 Å². The zero-order chi connectivity index (χ0) is 13.3. The van der Waals surface area contributed by atoms with Crippen molar-refractivity contribution in [3.63, 3.8) is 0 Å². The van der Waals surface area contributed by atoms with Crippen LogP contribution in [0.4, 0.5) is 0 Å². The van der Waals surface area contributed by atoms with Crippen LogP contribution in [0.5, 0.6) is 0 Å². The lowest BCUT2D eigenvalue weighted by atomic mass is 10.1. The molecule has 0 saturated heterocycles. The van der Waals surface area contributed by atoms with Gasteiger partial charge in [-0.25, -0.2) is 9.78 Å². The quantitative estimate of drug-likeness (QED) is 0.923. The summed E-state index contributed by atoms with van der Waals surface area (Å²) >= 11 is 1.21. The SMILES string of the molecule is CCn1cc(-c2nc(C(C)C)c(C(=O)O)s2)cn1. The molecule has 0 aliphatic rings. The molecule has 0 saturated carbocycles. The number of aryl methyl sites for hydroxylation is 1. The number of aromatic carboxylic acids is 1. The second-order valence-electron chi connectivity index (χ2n) is 4.28. The van der Waals surface area contributed by atoms with Gasteiger partial charge in [0.05, 0.1) is 11.9 Å². The molecule has 0 aliphatic heterocycles. The summed E-state index contributed by atoms with van der Waals surface area (Å²) in [5.41, 5.74) is 1.52. The van der Waals surface area contributed by atoms with Crippen molar-refractivity contribution >= 4 is 17.3 Å². The number of hydrogen-bond donors (Lipinski definition) is 1. The zero-order valence-corrected chi connectivity index (χ0v) is 11.4. The van der Waals surface area contributed by atoms with Crippen molar-refractivity contribution in [2.75, 3.05) is 0 Å². The van der Waals surface area contributed by atoms with E-state index in [-0.39, 0.29) is 5.92 Å². The monoisotopic (exact) mass is 265 g/mol. The second-order valence-corrected chi connectivity index (χ2v) is 5.28. The molecule has 5 nitrogen and oxygen atoms in total. The van der Waals surface area contributed by atoms with Crippen LogP contribution in [-0.2, 0) is 6.54 Å². The Morgan fingerprint density at radius 1 is 1.56 bits per heavy atom. The highest BCUT2D eigenvalue weighted by Crippen LogP contribution is 2.31. The van der Waals surface area contributed by atoms with Gasteiger partial charge in [-0.15, -0.1) is 11.3 Å². The van der Waals surface area contributed by atoms with Crippen LogP contribution in [0.1, 0.15) is 42.1 Å². The number of thiazole rings is 1. The summed E-state index contributed by atoms with van der Waals surface area (Å²) in [5.74, 6) is -0.812. The molecule has 2 heterocycles. The van der Waals surface area contributed by atoms with Crippen LogP contribution in [-0.4, -0.2) is 25.8 Å². The summed E-state index contributed by atoms with van der Waals surface area (Å²) in [4.78, 5) is 15.9. The van der Waals surface area contributed by atoms with Crippen LogP contribution in [0.15, 0.2) is 12.4 Å². The summed E-state index contributed by atoms with van der Waals surface area (Å²) in [6.45, 7) is 6.68. The number of carbonyl (C=O) groups is 1. The number of carboxylic acid groups (broad SMARTS) is 1. The Balaban J connectivity index is 2.46. The lowest BCUT2D eigenvalue weighted by molar-refractivity contribution is 0.0700. The van der Waals surface area contributed by atoms with Gasteiger partial charge in [0.1, 0.15) is 9.88 Å². The molecule has 0 amide bonds. The smallest absolute Gasteiger partial charge is 0.347 e. The Morgan fingerprint density at radius 2 is 2.28 bits per heavy atom. The largest absolute Gasteiger partial charge is 0.477 e. The first-order valence-corrected chi connectivity index (χ1v) is 6.61. The highest BCUT2D eigenvalue weighted by molar-refractivity contribution is 7.17. The average molecular weight is 265 g/mol. The van der Waals surface area contributed by atoms with Crippen LogP contribution in [0, 0.1) is 0 Å². The number of nitrogens with zero attached hydrogens (tertiary/aromatic N) is 3. The molecule has 96 valence electrons. The molecule has 0 atom stereocenters. The summed E-state index contributed by atoms with van der Waals surface area (Å²) in [5, 5.41) is 14.1. The fourth-order valence-corrected chi connectivity index (χ4v) is 2.68. The van der Waals surface area contributed by atoms with Gasteiger partial charge in [0.2, 0.25) is 0 Å². The molecule has 1 N–H and O–H groups in total. The van der Waals surface area contributed by atoms with Crippen LogP contribution >= 0.6 is 11.3 Å². The Bertz CT molecular complexity index is 572. The van der Waals surface area contributed by atoms with Crippen LogP contribution in [0.3, 0.4) is 0 Å². The van der Waals surface area contributed by atoms with Crippen molar-refractivity contribution in [3.05, 3.63) is 23.0 Å². The van der Waals surface area contributed by atoms with Crippen molar-refractivity contribution in [3.8, 4) is 10.6 Å². The van der Waals surface area contributed by atoms with Gasteiger partial charge >= 0.3 is 5.97 Å². The van der Waals surface area contributed by atoms with E-state index in [2.05, 4.69) is 10.1 Å². The standard InChI is InChI=1S/C12H15N3O2S/c1-4-15-6-8(5-13-15)11-14-9(7(2)3)10(18-11)12(16)17/h5-7H,4H2,1-3H3,(H,16,17). The molecule has 0 fully saturated rings. The van der Waals surface area contributed by atoms with E-state index >= 15 is 0 Å². The molecule has 18 heavy (non-hydrogen) atoms. The van der Waals surface area contributed by atoms with Crippen molar-refractivity contribution in [2.45, 2.75) is 33.2 Å². The van der Waals surface area contributed by atoms with E-state index in [0.717, 1.165) is 17.1 Å². The third-order valence-electron chi connectivity index (χ3n) is 2.60. The first-order chi connectivity index (χ1) is 8.52. The molecule has 0 spiro atoms. The Morgan fingerprint density at radius 3 is 2.72 bits per heavy atom. The zero-order valence-electron chi connectivity index (χ0n) is 10.5. The van der Waals surface area contributed by atoms with Gasteiger partial charge in [-0.1, -0.05) is 13.8 Å². The molecule has 2 aromatic rings. The van der Waals surface area contributed by atoms with Gasteiger partial charge in [-0.3, -0.25) is 4.68 Å². The van der Waals surface area contributed by atoms with Gasteiger partial charge < -0.3 is 5.11 Å². The van der Waals surface area contributed by atoms with Crippen molar-refractivity contribution < 1.29 is 9.90 Å². The second kappa shape index (κ2) is 4.89. The summed E-state index contributed by atoms with van der Waals surface area (Å²) in [7, 11) is 0. The minimum absolute atomic E-state index is 0.0994. The number of rotatable bonds is 4. The van der Waals surface area contributed by atoms with E-state index < -0.39 is 5.97 Å². The summed E-state index contributed by atoms with van der Waals surface area (Å²) in [6, 6.07) is 0. The van der Waals surface area contributed by atoms with E-state index in [1.54, 1.807) is 10.9 Å². The molecule has 2 aromatic heterocycles. The number of carboxylic acids is 1. The molecular weight excluding hydrogens is 250 g/mol.